The third-order valence-electron chi connectivity index (χ3n) is 3.15. The van der Waals surface area contributed by atoms with Gasteiger partial charge in [-0.1, -0.05) is 27.2 Å². The number of aryl methyl sites for hydroxylation is 1. The molecule has 1 rings (SSSR count). The van der Waals surface area contributed by atoms with E-state index in [1.165, 1.54) is 0 Å². The third-order valence-corrected chi connectivity index (χ3v) is 3.15. The molecule has 2 nitrogen and oxygen atoms in total. The van der Waals surface area contributed by atoms with E-state index in [9.17, 15) is 10.2 Å². The largest absolute Gasteiger partial charge is 0.508 e. The van der Waals surface area contributed by atoms with Crippen molar-refractivity contribution in [2.45, 2.75) is 52.4 Å². The summed E-state index contributed by atoms with van der Waals surface area (Å²) in [5.41, 5.74) is 1.74. The average Bonchev–Trinajstić information content (AvgIpc) is 2.28. The number of hydrogen-bond acceptors (Lipinski definition) is 2. The minimum atomic E-state index is 0.263. The molecule has 0 aliphatic heterocycles. The summed E-state index contributed by atoms with van der Waals surface area (Å²) in [6.45, 7) is 6.27. The van der Waals surface area contributed by atoms with Crippen molar-refractivity contribution in [3.05, 3.63) is 23.3 Å². The summed E-state index contributed by atoms with van der Waals surface area (Å²) in [6, 6.07) is 3.36. The van der Waals surface area contributed by atoms with Gasteiger partial charge >= 0.3 is 0 Å². The maximum atomic E-state index is 10.1. The highest BCUT2D eigenvalue weighted by molar-refractivity contribution is 5.47. The van der Waals surface area contributed by atoms with Crippen LogP contribution in [0.2, 0.25) is 0 Å². The molecular weight excluding hydrogens is 200 g/mol. The Morgan fingerprint density at radius 1 is 1.19 bits per heavy atom. The normalized spacial score (nSPS) is 12.7. The molecule has 0 bridgehead atoms. The fourth-order valence-corrected chi connectivity index (χ4v) is 1.85. The summed E-state index contributed by atoms with van der Waals surface area (Å²) < 4.78 is 0. The lowest BCUT2D eigenvalue weighted by atomic mass is 9.93. The zero-order valence-corrected chi connectivity index (χ0v) is 10.5. The van der Waals surface area contributed by atoms with Crippen LogP contribution >= 0.6 is 0 Å². The van der Waals surface area contributed by atoms with Gasteiger partial charge in [-0.05, 0) is 42.9 Å². The Morgan fingerprint density at radius 2 is 1.88 bits per heavy atom. The molecule has 2 heteroatoms. The highest BCUT2D eigenvalue weighted by atomic mass is 16.3. The molecular formula is C14H22O2. The Morgan fingerprint density at radius 3 is 2.44 bits per heavy atom. The van der Waals surface area contributed by atoms with Crippen LogP contribution in [-0.4, -0.2) is 10.2 Å². The second-order valence-electron chi connectivity index (χ2n) is 4.46. The summed E-state index contributed by atoms with van der Waals surface area (Å²) >= 11 is 0. The van der Waals surface area contributed by atoms with Gasteiger partial charge < -0.3 is 10.2 Å². The van der Waals surface area contributed by atoms with Crippen LogP contribution in [0.3, 0.4) is 0 Å². The molecule has 0 fully saturated rings. The smallest absolute Gasteiger partial charge is 0.122 e. The number of hydrogen-bond donors (Lipinski definition) is 2. The molecule has 0 heterocycles. The van der Waals surface area contributed by atoms with E-state index in [0.29, 0.717) is 5.75 Å². The Labute approximate surface area is 97.9 Å². The van der Waals surface area contributed by atoms with Crippen molar-refractivity contribution in [1.82, 2.24) is 0 Å². The lowest BCUT2D eigenvalue weighted by molar-refractivity contribution is 0.441. The van der Waals surface area contributed by atoms with Gasteiger partial charge in [0, 0.05) is 5.56 Å². The average molecular weight is 222 g/mol. The van der Waals surface area contributed by atoms with E-state index in [1.54, 1.807) is 12.1 Å². The van der Waals surface area contributed by atoms with Crippen molar-refractivity contribution in [2.75, 3.05) is 0 Å². The SMILES string of the molecule is CCCCc1cc(O)cc(C(C)CC)c1O. The van der Waals surface area contributed by atoms with Crippen molar-refractivity contribution in [3.63, 3.8) is 0 Å². The first kappa shape index (κ1) is 12.9. The third kappa shape index (κ3) is 2.91. The summed E-state index contributed by atoms with van der Waals surface area (Å²) in [4.78, 5) is 0. The number of phenols is 2. The van der Waals surface area contributed by atoms with E-state index < -0.39 is 0 Å². The zero-order valence-electron chi connectivity index (χ0n) is 10.5. The number of unbranched alkanes of at least 4 members (excludes halogenated alkanes) is 1. The predicted molar refractivity (Wildman–Crippen MR) is 67.1 cm³/mol. The van der Waals surface area contributed by atoms with Crippen molar-refractivity contribution in [1.29, 1.82) is 0 Å². The standard InChI is InChI=1S/C14H22O2/c1-4-6-7-11-8-12(15)9-13(14(11)16)10(3)5-2/h8-10,15-16H,4-7H2,1-3H3. The lowest BCUT2D eigenvalue weighted by Crippen LogP contribution is -1.96. The Kier molecular flexibility index (Phi) is 4.66. The molecule has 1 atom stereocenters. The molecule has 16 heavy (non-hydrogen) atoms. The van der Waals surface area contributed by atoms with Crippen LogP contribution in [-0.2, 0) is 6.42 Å². The van der Waals surface area contributed by atoms with E-state index in [-0.39, 0.29) is 11.7 Å². The van der Waals surface area contributed by atoms with Gasteiger partial charge in [-0.3, -0.25) is 0 Å². The summed E-state index contributed by atoms with van der Waals surface area (Å²) in [6.07, 6.45) is 3.93. The van der Waals surface area contributed by atoms with Crippen molar-refractivity contribution < 1.29 is 10.2 Å². The van der Waals surface area contributed by atoms with Crippen molar-refractivity contribution >= 4 is 0 Å². The first-order chi connectivity index (χ1) is 7.60. The van der Waals surface area contributed by atoms with Gasteiger partial charge in [-0.25, -0.2) is 0 Å². The molecule has 0 amide bonds. The van der Waals surface area contributed by atoms with Crippen molar-refractivity contribution in [2.24, 2.45) is 0 Å². The maximum Gasteiger partial charge on any atom is 0.122 e. The van der Waals surface area contributed by atoms with Gasteiger partial charge in [0.05, 0.1) is 0 Å². The molecule has 0 saturated carbocycles. The number of rotatable bonds is 5. The van der Waals surface area contributed by atoms with Gasteiger partial charge in [0.25, 0.3) is 0 Å². The topological polar surface area (TPSA) is 40.5 Å². The molecule has 0 aliphatic rings. The Bertz CT molecular complexity index is 345. The lowest BCUT2D eigenvalue weighted by Gasteiger charge is -2.15. The maximum absolute atomic E-state index is 10.1. The van der Waals surface area contributed by atoms with Gasteiger partial charge in [0.1, 0.15) is 11.5 Å². The van der Waals surface area contributed by atoms with E-state index in [0.717, 1.165) is 36.8 Å². The fourth-order valence-electron chi connectivity index (χ4n) is 1.85. The first-order valence-corrected chi connectivity index (χ1v) is 6.14. The number of aromatic hydroxyl groups is 2. The molecule has 1 aromatic rings. The molecule has 0 saturated heterocycles. The van der Waals surface area contributed by atoms with Crippen LogP contribution in [0.25, 0.3) is 0 Å². The number of phenolic OH excluding ortho intramolecular Hbond substituents is 2. The minimum absolute atomic E-state index is 0.263. The van der Waals surface area contributed by atoms with E-state index >= 15 is 0 Å². The summed E-state index contributed by atoms with van der Waals surface area (Å²) in [5.74, 6) is 0.923. The molecule has 90 valence electrons. The van der Waals surface area contributed by atoms with E-state index in [1.807, 2.05) is 0 Å². The molecule has 0 spiro atoms. The van der Waals surface area contributed by atoms with Crippen molar-refractivity contribution in [3.8, 4) is 11.5 Å². The second-order valence-corrected chi connectivity index (χ2v) is 4.46. The summed E-state index contributed by atoms with van der Waals surface area (Å²) in [5, 5.41) is 19.8. The molecule has 1 aromatic carbocycles. The fraction of sp³-hybridized carbons (Fsp3) is 0.571. The minimum Gasteiger partial charge on any atom is -0.508 e. The Balaban J connectivity index is 3.05. The van der Waals surface area contributed by atoms with E-state index in [4.69, 9.17) is 0 Å². The molecule has 0 aliphatic carbocycles. The number of benzene rings is 1. The summed E-state index contributed by atoms with van der Waals surface area (Å²) in [7, 11) is 0. The highest BCUT2D eigenvalue weighted by Gasteiger charge is 2.13. The van der Waals surface area contributed by atoms with Gasteiger partial charge in [-0.15, -0.1) is 0 Å². The van der Waals surface area contributed by atoms with Crippen LogP contribution in [0, 0.1) is 0 Å². The second kappa shape index (κ2) is 5.78. The monoisotopic (exact) mass is 222 g/mol. The Hall–Kier alpha value is -1.18. The van der Waals surface area contributed by atoms with Crippen LogP contribution in [0.4, 0.5) is 0 Å². The molecule has 0 radical (unpaired) electrons. The predicted octanol–water partition coefficient (Wildman–Crippen LogP) is 3.95. The zero-order chi connectivity index (χ0) is 12.1. The highest BCUT2D eigenvalue weighted by Crippen LogP contribution is 2.35. The molecule has 2 N–H and O–H groups in total. The van der Waals surface area contributed by atoms with Crippen LogP contribution in [0.5, 0.6) is 11.5 Å². The van der Waals surface area contributed by atoms with Crippen LogP contribution < -0.4 is 0 Å². The van der Waals surface area contributed by atoms with Gasteiger partial charge in [0.2, 0.25) is 0 Å². The quantitative estimate of drug-likeness (QED) is 0.740. The van der Waals surface area contributed by atoms with Crippen LogP contribution in [0.1, 0.15) is 57.1 Å². The van der Waals surface area contributed by atoms with Gasteiger partial charge in [-0.2, -0.15) is 0 Å². The van der Waals surface area contributed by atoms with E-state index in [2.05, 4.69) is 20.8 Å². The van der Waals surface area contributed by atoms with Gasteiger partial charge in [0.15, 0.2) is 0 Å². The first-order valence-electron chi connectivity index (χ1n) is 6.14. The van der Waals surface area contributed by atoms with Crippen LogP contribution in [0.15, 0.2) is 12.1 Å². The molecule has 1 unspecified atom stereocenters. The molecule has 0 aromatic heterocycles.